The van der Waals surface area contributed by atoms with E-state index in [1.165, 1.54) is 30.9 Å². The van der Waals surface area contributed by atoms with Gasteiger partial charge < -0.3 is 24.8 Å². The van der Waals surface area contributed by atoms with Gasteiger partial charge in [-0.25, -0.2) is 4.39 Å². The molecular formula is C29H34ClFN6O. The summed E-state index contributed by atoms with van der Waals surface area (Å²) < 4.78 is 20.7. The number of hydrogen-bond donors (Lipinski definition) is 1. The van der Waals surface area contributed by atoms with E-state index in [4.69, 9.17) is 26.3 Å². The quantitative estimate of drug-likeness (QED) is 0.519. The van der Waals surface area contributed by atoms with Crippen LogP contribution < -0.4 is 19.9 Å². The number of halogens is 2. The van der Waals surface area contributed by atoms with Crippen molar-refractivity contribution >= 4 is 33.9 Å². The molecular weight excluding hydrogens is 503 g/mol. The molecule has 38 heavy (non-hydrogen) atoms. The number of piperazine rings is 1. The lowest BCUT2D eigenvalue weighted by Gasteiger charge is -2.37. The van der Waals surface area contributed by atoms with E-state index < -0.39 is 5.82 Å². The van der Waals surface area contributed by atoms with Crippen LogP contribution in [0.5, 0.6) is 6.01 Å². The lowest BCUT2D eigenvalue weighted by molar-refractivity contribution is 0.187. The third kappa shape index (κ3) is 4.36. The van der Waals surface area contributed by atoms with E-state index in [1.807, 2.05) is 18.2 Å². The highest BCUT2D eigenvalue weighted by Crippen LogP contribution is 2.38. The number of likely N-dealkylation sites (tertiary alicyclic amines) is 1. The van der Waals surface area contributed by atoms with Crippen LogP contribution in [0.15, 0.2) is 30.3 Å². The molecule has 3 saturated heterocycles. The number of benzene rings is 2. The van der Waals surface area contributed by atoms with Gasteiger partial charge in [-0.2, -0.15) is 9.97 Å². The minimum atomic E-state index is -0.394. The van der Waals surface area contributed by atoms with Gasteiger partial charge >= 0.3 is 6.01 Å². The molecule has 2 bridgehead atoms. The molecule has 0 saturated carbocycles. The van der Waals surface area contributed by atoms with E-state index in [0.29, 0.717) is 37.3 Å². The summed E-state index contributed by atoms with van der Waals surface area (Å²) in [6.45, 7) is 5.04. The Morgan fingerprint density at radius 3 is 2.68 bits per heavy atom. The normalized spacial score (nSPS) is 25.3. The molecule has 7 rings (SSSR count). The molecule has 1 N–H and O–H groups in total. The molecule has 0 aliphatic carbocycles. The van der Waals surface area contributed by atoms with Gasteiger partial charge in [0.05, 0.1) is 17.3 Å². The van der Waals surface area contributed by atoms with E-state index in [-0.39, 0.29) is 5.02 Å². The fourth-order valence-corrected chi connectivity index (χ4v) is 7.07. The second-order valence-electron chi connectivity index (χ2n) is 11.3. The second kappa shape index (κ2) is 9.81. The highest BCUT2D eigenvalue weighted by atomic mass is 35.5. The van der Waals surface area contributed by atoms with E-state index in [0.717, 1.165) is 67.0 Å². The maximum atomic E-state index is 14.5. The van der Waals surface area contributed by atoms with Gasteiger partial charge in [-0.15, -0.1) is 0 Å². The summed E-state index contributed by atoms with van der Waals surface area (Å²) in [5.41, 5.74) is 3.14. The third-order valence-electron chi connectivity index (χ3n) is 8.87. The number of ether oxygens (including phenoxy) is 1. The fourth-order valence-electron chi connectivity index (χ4n) is 6.81. The Morgan fingerprint density at radius 1 is 1.05 bits per heavy atom. The topological polar surface area (TPSA) is 56.8 Å². The van der Waals surface area contributed by atoms with Gasteiger partial charge in [-0.1, -0.05) is 29.8 Å². The number of rotatable bonds is 5. The standard InChI is InChI=1S/C29H34ClFN6O/c1-35-12-3-5-21(35)17-38-29-33-24-16-36(25-6-2-4-18-7-10-23(31)27(30)26(18)25)13-11-22(24)28(34-29)37-14-19-8-9-20(15-37)32-19/h2,4,6-7,10,19-21,32H,3,5,8-9,11-17H2,1H3/t19-,20+,21-/m0/s1. The van der Waals surface area contributed by atoms with Gasteiger partial charge in [0, 0.05) is 54.4 Å². The van der Waals surface area contributed by atoms with Crippen LogP contribution in [0.3, 0.4) is 0 Å². The van der Waals surface area contributed by atoms with Crippen LogP contribution in [-0.4, -0.2) is 72.8 Å². The van der Waals surface area contributed by atoms with Crippen molar-refractivity contribution in [2.45, 2.75) is 56.8 Å². The van der Waals surface area contributed by atoms with Gasteiger partial charge in [-0.3, -0.25) is 0 Å². The molecule has 1 aromatic heterocycles. The van der Waals surface area contributed by atoms with Crippen LogP contribution in [0.2, 0.25) is 5.02 Å². The minimum Gasteiger partial charge on any atom is -0.462 e. The van der Waals surface area contributed by atoms with Crippen LogP contribution in [0.4, 0.5) is 15.9 Å². The molecule has 3 aromatic rings. The number of anilines is 2. The van der Waals surface area contributed by atoms with Crippen LogP contribution >= 0.6 is 11.6 Å². The molecule has 3 fully saturated rings. The third-order valence-corrected chi connectivity index (χ3v) is 9.24. The van der Waals surface area contributed by atoms with Crippen molar-refractivity contribution in [1.82, 2.24) is 20.2 Å². The summed E-state index contributed by atoms with van der Waals surface area (Å²) in [6, 6.07) is 11.2. The van der Waals surface area contributed by atoms with Crippen LogP contribution in [-0.2, 0) is 13.0 Å². The lowest BCUT2D eigenvalue weighted by atomic mass is 10.0. The van der Waals surface area contributed by atoms with Gasteiger partial charge in [0.1, 0.15) is 18.2 Å². The molecule has 2 aromatic carbocycles. The van der Waals surface area contributed by atoms with Gasteiger partial charge in [0.15, 0.2) is 0 Å². The maximum Gasteiger partial charge on any atom is 0.318 e. The Bertz CT molecular complexity index is 1360. The Morgan fingerprint density at radius 2 is 1.89 bits per heavy atom. The molecule has 0 amide bonds. The van der Waals surface area contributed by atoms with Crippen molar-refractivity contribution in [3.8, 4) is 6.01 Å². The molecule has 200 valence electrons. The Kier molecular flexibility index (Phi) is 6.29. The summed E-state index contributed by atoms with van der Waals surface area (Å²) in [5.74, 6) is 0.638. The van der Waals surface area contributed by atoms with Crippen LogP contribution in [0.25, 0.3) is 10.8 Å². The first-order valence-corrected chi connectivity index (χ1v) is 14.3. The molecule has 0 radical (unpaired) electrons. The lowest BCUT2D eigenvalue weighted by Crippen LogP contribution is -2.52. The Balaban J connectivity index is 1.24. The largest absolute Gasteiger partial charge is 0.462 e. The predicted octanol–water partition coefficient (Wildman–Crippen LogP) is 4.40. The number of fused-ring (bicyclic) bond motifs is 4. The molecule has 3 atom stereocenters. The van der Waals surface area contributed by atoms with Crippen LogP contribution in [0.1, 0.15) is 36.9 Å². The molecule has 9 heteroatoms. The van der Waals surface area contributed by atoms with Crippen molar-refractivity contribution in [3.05, 3.63) is 52.4 Å². The predicted molar refractivity (Wildman–Crippen MR) is 149 cm³/mol. The SMILES string of the molecule is CN1CCC[C@H]1COc1nc2c(c(N3C[C@H]4CC[C@@H](C3)N4)n1)CCN(c1cccc3ccc(F)c(Cl)c13)C2. The van der Waals surface area contributed by atoms with E-state index in [1.54, 1.807) is 6.07 Å². The van der Waals surface area contributed by atoms with Crippen molar-refractivity contribution in [2.24, 2.45) is 0 Å². The number of aromatic nitrogens is 2. The van der Waals surface area contributed by atoms with E-state index in [2.05, 4.69) is 27.1 Å². The highest BCUT2D eigenvalue weighted by molar-refractivity contribution is 6.36. The summed E-state index contributed by atoms with van der Waals surface area (Å²) in [6.07, 6.45) is 5.60. The summed E-state index contributed by atoms with van der Waals surface area (Å²) in [4.78, 5) is 17.1. The second-order valence-corrected chi connectivity index (χ2v) is 11.7. The fraction of sp³-hybridized carbons (Fsp3) is 0.517. The molecule has 4 aliphatic heterocycles. The molecule has 0 spiro atoms. The van der Waals surface area contributed by atoms with Gasteiger partial charge in [0.2, 0.25) is 0 Å². The number of likely N-dealkylation sites (N-methyl/N-ethyl adjacent to an activating group) is 1. The minimum absolute atomic E-state index is 0.174. The van der Waals surface area contributed by atoms with E-state index >= 15 is 0 Å². The smallest absolute Gasteiger partial charge is 0.318 e. The van der Waals surface area contributed by atoms with E-state index in [9.17, 15) is 4.39 Å². The molecule has 5 heterocycles. The van der Waals surface area contributed by atoms with Gasteiger partial charge in [-0.05, 0) is 63.2 Å². The summed E-state index contributed by atoms with van der Waals surface area (Å²) in [7, 11) is 2.16. The maximum absolute atomic E-state index is 14.5. The average molecular weight is 537 g/mol. The van der Waals surface area contributed by atoms with Crippen molar-refractivity contribution in [1.29, 1.82) is 0 Å². The Hall–Kier alpha value is -2.68. The Labute approximate surface area is 227 Å². The molecule has 4 aliphatic rings. The first-order valence-electron chi connectivity index (χ1n) is 13.9. The number of nitrogens with zero attached hydrogens (tertiary/aromatic N) is 5. The summed E-state index contributed by atoms with van der Waals surface area (Å²) in [5, 5.41) is 5.60. The average Bonchev–Trinajstić information content (AvgIpc) is 3.51. The monoisotopic (exact) mass is 536 g/mol. The first-order chi connectivity index (χ1) is 18.5. The highest BCUT2D eigenvalue weighted by Gasteiger charge is 2.35. The molecule has 7 nitrogen and oxygen atoms in total. The van der Waals surface area contributed by atoms with Gasteiger partial charge in [0.25, 0.3) is 0 Å². The zero-order chi connectivity index (χ0) is 25.8. The zero-order valence-corrected chi connectivity index (χ0v) is 22.6. The first kappa shape index (κ1) is 24.4. The van der Waals surface area contributed by atoms with Crippen LogP contribution in [0, 0.1) is 5.82 Å². The summed E-state index contributed by atoms with van der Waals surface area (Å²) >= 11 is 6.49. The molecule has 0 unspecified atom stereocenters. The van der Waals surface area contributed by atoms with Crippen molar-refractivity contribution in [2.75, 3.05) is 49.6 Å². The number of hydrogen-bond acceptors (Lipinski definition) is 7. The zero-order valence-electron chi connectivity index (χ0n) is 21.8. The number of nitrogens with one attached hydrogen (secondary N) is 1. The van der Waals surface area contributed by atoms with Crippen molar-refractivity contribution in [3.63, 3.8) is 0 Å². The van der Waals surface area contributed by atoms with Crippen molar-refractivity contribution < 1.29 is 9.13 Å².